The lowest BCUT2D eigenvalue weighted by molar-refractivity contribution is 0.0728. The second kappa shape index (κ2) is 7.61. The number of piperidine rings is 1. The molecule has 0 aliphatic carbocycles. The van der Waals surface area contributed by atoms with Crippen LogP contribution in [0.5, 0.6) is 0 Å². The van der Waals surface area contributed by atoms with Gasteiger partial charge in [0.2, 0.25) is 10.0 Å². The van der Waals surface area contributed by atoms with Crippen LogP contribution in [0.15, 0.2) is 17.2 Å². The number of amides is 1. The zero-order chi connectivity index (χ0) is 19.9. The van der Waals surface area contributed by atoms with E-state index in [2.05, 4.69) is 4.98 Å². The third kappa shape index (κ3) is 3.51. The van der Waals surface area contributed by atoms with E-state index in [-0.39, 0.29) is 5.91 Å². The van der Waals surface area contributed by atoms with E-state index in [4.69, 9.17) is 0 Å². The van der Waals surface area contributed by atoms with Gasteiger partial charge in [0.1, 0.15) is 14.8 Å². The Labute approximate surface area is 170 Å². The van der Waals surface area contributed by atoms with Gasteiger partial charge in [0, 0.05) is 39.4 Å². The molecule has 152 valence electrons. The summed E-state index contributed by atoms with van der Waals surface area (Å²) in [5, 5.41) is 0.684. The summed E-state index contributed by atoms with van der Waals surface area (Å²) in [4.78, 5) is 20.3. The van der Waals surface area contributed by atoms with Crippen molar-refractivity contribution >= 4 is 27.3 Å². The second-order valence-electron chi connectivity index (χ2n) is 7.57. The fourth-order valence-electron chi connectivity index (χ4n) is 3.91. The van der Waals surface area contributed by atoms with Gasteiger partial charge in [-0.1, -0.05) is 0 Å². The van der Waals surface area contributed by atoms with Crippen LogP contribution in [-0.4, -0.2) is 59.3 Å². The molecule has 0 radical (unpaired) electrons. The van der Waals surface area contributed by atoms with Gasteiger partial charge in [-0.3, -0.25) is 4.79 Å². The van der Waals surface area contributed by atoms with E-state index in [9.17, 15) is 13.2 Å². The van der Waals surface area contributed by atoms with Gasteiger partial charge in [0.05, 0.1) is 11.4 Å². The highest BCUT2D eigenvalue weighted by Gasteiger charge is 2.30. The predicted octanol–water partition coefficient (Wildman–Crippen LogP) is 2.87. The highest BCUT2D eigenvalue weighted by molar-refractivity contribution is 7.89. The van der Waals surface area contributed by atoms with Gasteiger partial charge in [-0.2, -0.15) is 4.31 Å². The maximum absolute atomic E-state index is 12.9. The van der Waals surface area contributed by atoms with Crippen LogP contribution in [0.4, 0.5) is 0 Å². The lowest BCUT2D eigenvalue weighted by Crippen LogP contribution is -2.35. The minimum atomic E-state index is -3.47. The standard InChI is InChI=1S/C19H26N4O3S2/c1-14-17(19(24)22-8-4-3-5-9-22)27-18(20-14)16-12-15(13-21(16)2)28(25,26)23-10-6-7-11-23/h12-13H,3-11H2,1-2H3. The molecule has 0 atom stereocenters. The topological polar surface area (TPSA) is 75.5 Å². The molecule has 4 rings (SSSR count). The molecular weight excluding hydrogens is 396 g/mol. The Morgan fingerprint density at radius 1 is 1.07 bits per heavy atom. The number of aromatic nitrogens is 2. The predicted molar refractivity (Wildman–Crippen MR) is 109 cm³/mol. The number of hydrogen-bond donors (Lipinski definition) is 0. The lowest BCUT2D eigenvalue weighted by atomic mass is 10.1. The molecule has 0 saturated carbocycles. The third-order valence-electron chi connectivity index (χ3n) is 5.54. The first kappa shape index (κ1) is 19.6. The molecule has 2 aliphatic heterocycles. The summed E-state index contributed by atoms with van der Waals surface area (Å²) in [6.07, 6.45) is 6.73. The average Bonchev–Trinajstić information content (AvgIpc) is 3.42. The van der Waals surface area contributed by atoms with Crippen molar-refractivity contribution in [3.05, 3.63) is 22.8 Å². The zero-order valence-corrected chi connectivity index (χ0v) is 18.0. The van der Waals surface area contributed by atoms with E-state index >= 15 is 0 Å². The first-order chi connectivity index (χ1) is 13.4. The lowest BCUT2D eigenvalue weighted by Gasteiger charge is -2.26. The van der Waals surface area contributed by atoms with E-state index < -0.39 is 10.0 Å². The minimum Gasteiger partial charge on any atom is -0.347 e. The molecule has 0 aromatic carbocycles. The zero-order valence-electron chi connectivity index (χ0n) is 16.3. The molecule has 2 fully saturated rings. The van der Waals surface area contributed by atoms with Crippen LogP contribution < -0.4 is 0 Å². The average molecular weight is 423 g/mol. The summed E-state index contributed by atoms with van der Waals surface area (Å²) in [7, 11) is -1.65. The van der Waals surface area contributed by atoms with E-state index in [0.29, 0.717) is 33.6 Å². The fourth-order valence-corrected chi connectivity index (χ4v) is 6.59. The van der Waals surface area contributed by atoms with Crippen molar-refractivity contribution in [2.75, 3.05) is 26.2 Å². The molecule has 0 N–H and O–H groups in total. The maximum atomic E-state index is 12.9. The van der Waals surface area contributed by atoms with E-state index in [0.717, 1.165) is 44.5 Å². The van der Waals surface area contributed by atoms with E-state index in [1.54, 1.807) is 21.1 Å². The van der Waals surface area contributed by atoms with Gasteiger partial charge in [-0.25, -0.2) is 13.4 Å². The Hall–Kier alpha value is -1.71. The van der Waals surface area contributed by atoms with Gasteiger partial charge in [-0.15, -0.1) is 11.3 Å². The molecule has 1 amide bonds. The summed E-state index contributed by atoms with van der Waals surface area (Å²) in [5.41, 5.74) is 1.43. The molecule has 4 heterocycles. The summed E-state index contributed by atoms with van der Waals surface area (Å²) in [6.45, 7) is 4.61. The smallest absolute Gasteiger partial charge is 0.265 e. The first-order valence-electron chi connectivity index (χ1n) is 9.81. The van der Waals surface area contributed by atoms with Gasteiger partial charge in [-0.05, 0) is 45.1 Å². The van der Waals surface area contributed by atoms with Gasteiger partial charge in [0.15, 0.2) is 0 Å². The van der Waals surface area contributed by atoms with Crippen LogP contribution in [0.25, 0.3) is 10.7 Å². The van der Waals surface area contributed by atoms with Crippen LogP contribution in [0.2, 0.25) is 0 Å². The molecule has 2 aromatic heterocycles. The van der Waals surface area contributed by atoms with Crippen LogP contribution in [-0.2, 0) is 17.1 Å². The van der Waals surface area contributed by atoms with Crippen LogP contribution in [0.1, 0.15) is 47.5 Å². The van der Waals surface area contributed by atoms with Crippen LogP contribution in [0.3, 0.4) is 0 Å². The van der Waals surface area contributed by atoms with Gasteiger partial charge >= 0.3 is 0 Å². The molecule has 2 aromatic rings. The van der Waals surface area contributed by atoms with Gasteiger partial charge in [0.25, 0.3) is 5.91 Å². The molecule has 28 heavy (non-hydrogen) atoms. The van der Waals surface area contributed by atoms with Crippen molar-refractivity contribution in [1.82, 2.24) is 18.8 Å². The van der Waals surface area contributed by atoms with Crippen molar-refractivity contribution in [2.45, 2.75) is 43.9 Å². The van der Waals surface area contributed by atoms with Crippen molar-refractivity contribution < 1.29 is 13.2 Å². The second-order valence-corrected chi connectivity index (χ2v) is 10.5. The van der Waals surface area contributed by atoms with E-state index in [1.165, 1.54) is 17.8 Å². The highest BCUT2D eigenvalue weighted by Crippen LogP contribution is 2.32. The fraction of sp³-hybridized carbons (Fsp3) is 0.579. The molecule has 2 saturated heterocycles. The Bertz CT molecular complexity index is 981. The quantitative estimate of drug-likeness (QED) is 0.759. The first-order valence-corrected chi connectivity index (χ1v) is 12.1. The molecule has 0 spiro atoms. The number of hydrogen-bond acceptors (Lipinski definition) is 5. The maximum Gasteiger partial charge on any atom is 0.265 e. The Morgan fingerprint density at radius 3 is 2.39 bits per heavy atom. The monoisotopic (exact) mass is 422 g/mol. The SMILES string of the molecule is Cc1nc(-c2cc(S(=O)(=O)N3CCCC3)cn2C)sc1C(=O)N1CCCCC1. The molecule has 0 bridgehead atoms. The Kier molecular flexibility index (Phi) is 5.32. The molecule has 0 unspecified atom stereocenters. The molecule has 2 aliphatic rings. The minimum absolute atomic E-state index is 0.0417. The van der Waals surface area contributed by atoms with Crippen molar-refractivity contribution in [2.24, 2.45) is 7.05 Å². The highest BCUT2D eigenvalue weighted by atomic mass is 32.2. The molecule has 9 heteroatoms. The van der Waals surface area contributed by atoms with Crippen molar-refractivity contribution in [3.63, 3.8) is 0 Å². The number of carbonyl (C=O) groups is 1. The largest absolute Gasteiger partial charge is 0.347 e. The Morgan fingerprint density at radius 2 is 1.71 bits per heavy atom. The summed E-state index contributed by atoms with van der Waals surface area (Å²) in [6, 6.07) is 1.68. The van der Waals surface area contributed by atoms with E-state index in [1.807, 2.05) is 18.9 Å². The number of sulfonamides is 1. The number of nitrogens with zero attached hydrogens (tertiary/aromatic N) is 4. The number of thiazole rings is 1. The third-order valence-corrected chi connectivity index (χ3v) is 8.57. The van der Waals surface area contributed by atoms with Crippen LogP contribution >= 0.6 is 11.3 Å². The normalized spacial score (nSPS) is 18.7. The van der Waals surface area contributed by atoms with Crippen molar-refractivity contribution in [3.8, 4) is 10.7 Å². The Balaban J connectivity index is 1.63. The molecular formula is C19H26N4O3S2. The number of carbonyl (C=O) groups excluding carboxylic acids is 1. The van der Waals surface area contributed by atoms with Gasteiger partial charge < -0.3 is 9.47 Å². The summed E-state index contributed by atoms with van der Waals surface area (Å²) < 4.78 is 29.0. The number of likely N-dealkylation sites (tertiary alicyclic amines) is 1. The number of rotatable bonds is 4. The molecule has 7 nitrogen and oxygen atoms in total. The summed E-state index contributed by atoms with van der Waals surface area (Å²) in [5.74, 6) is 0.0417. The van der Waals surface area contributed by atoms with Crippen molar-refractivity contribution in [1.29, 1.82) is 0 Å². The summed E-state index contributed by atoms with van der Waals surface area (Å²) >= 11 is 1.35. The number of aryl methyl sites for hydroxylation is 2. The van der Waals surface area contributed by atoms with Crippen LogP contribution in [0, 0.1) is 6.92 Å².